The van der Waals surface area contributed by atoms with Crippen molar-refractivity contribution in [3.05, 3.63) is 17.7 Å². The SMILES string of the molecule is CC(C)Cc1ncc(C=O)n1C. The second-order valence-corrected chi connectivity index (χ2v) is 3.37. The molecule has 0 aliphatic rings. The van der Waals surface area contributed by atoms with Gasteiger partial charge in [0.1, 0.15) is 11.5 Å². The number of nitrogens with zero attached hydrogens (tertiary/aromatic N) is 2. The van der Waals surface area contributed by atoms with E-state index in [1.165, 1.54) is 0 Å². The molecule has 3 heteroatoms. The first-order valence-corrected chi connectivity index (χ1v) is 4.11. The van der Waals surface area contributed by atoms with E-state index < -0.39 is 0 Å². The van der Waals surface area contributed by atoms with Gasteiger partial charge in [0.2, 0.25) is 0 Å². The summed E-state index contributed by atoms with van der Waals surface area (Å²) in [5.74, 6) is 1.55. The molecule has 66 valence electrons. The van der Waals surface area contributed by atoms with E-state index in [0.29, 0.717) is 11.6 Å². The number of imidazole rings is 1. The largest absolute Gasteiger partial charge is 0.329 e. The number of hydrogen-bond donors (Lipinski definition) is 0. The van der Waals surface area contributed by atoms with E-state index in [0.717, 1.165) is 18.5 Å². The molecule has 0 fully saturated rings. The highest BCUT2D eigenvalue weighted by Crippen LogP contribution is 2.06. The third kappa shape index (κ3) is 1.72. The van der Waals surface area contributed by atoms with Gasteiger partial charge in [-0.3, -0.25) is 4.79 Å². The first-order valence-electron chi connectivity index (χ1n) is 4.11. The maximum Gasteiger partial charge on any atom is 0.168 e. The van der Waals surface area contributed by atoms with Crippen molar-refractivity contribution in [2.24, 2.45) is 13.0 Å². The van der Waals surface area contributed by atoms with E-state index in [2.05, 4.69) is 18.8 Å². The number of aldehydes is 1. The van der Waals surface area contributed by atoms with Crippen LogP contribution in [-0.4, -0.2) is 15.8 Å². The van der Waals surface area contributed by atoms with Crippen LogP contribution in [0.25, 0.3) is 0 Å². The van der Waals surface area contributed by atoms with Crippen molar-refractivity contribution in [1.82, 2.24) is 9.55 Å². The molecule has 0 saturated heterocycles. The zero-order chi connectivity index (χ0) is 9.14. The molecule has 12 heavy (non-hydrogen) atoms. The van der Waals surface area contributed by atoms with Crippen LogP contribution in [0.2, 0.25) is 0 Å². The third-order valence-corrected chi connectivity index (χ3v) is 1.83. The van der Waals surface area contributed by atoms with E-state index in [1.807, 2.05) is 11.6 Å². The van der Waals surface area contributed by atoms with Gasteiger partial charge >= 0.3 is 0 Å². The van der Waals surface area contributed by atoms with Crippen LogP contribution in [0.5, 0.6) is 0 Å². The van der Waals surface area contributed by atoms with Crippen LogP contribution in [-0.2, 0) is 13.5 Å². The molecule has 0 saturated carbocycles. The molecule has 1 rings (SSSR count). The summed E-state index contributed by atoms with van der Waals surface area (Å²) >= 11 is 0. The van der Waals surface area contributed by atoms with Crippen LogP contribution in [0.15, 0.2) is 6.20 Å². The molecule has 1 aromatic heterocycles. The Morgan fingerprint density at radius 2 is 2.33 bits per heavy atom. The molecule has 0 aliphatic heterocycles. The van der Waals surface area contributed by atoms with Gasteiger partial charge in [0.25, 0.3) is 0 Å². The standard InChI is InChI=1S/C9H14N2O/c1-7(2)4-9-10-5-8(6-12)11(9)3/h5-7H,4H2,1-3H3. The fraction of sp³-hybridized carbons (Fsp3) is 0.556. The molecular formula is C9H14N2O. The third-order valence-electron chi connectivity index (χ3n) is 1.83. The van der Waals surface area contributed by atoms with Gasteiger partial charge in [-0.1, -0.05) is 13.8 Å². The molecule has 0 aromatic carbocycles. The second kappa shape index (κ2) is 3.52. The quantitative estimate of drug-likeness (QED) is 0.637. The van der Waals surface area contributed by atoms with Crippen LogP contribution in [0.3, 0.4) is 0 Å². The van der Waals surface area contributed by atoms with Gasteiger partial charge in [-0.15, -0.1) is 0 Å². The fourth-order valence-corrected chi connectivity index (χ4v) is 1.13. The van der Waals surface area contributed by atoms with Gasteiger partial charge in [-0.2, -0.15) is 0 Å². The van der Waals surface area contributed by atoms with E-state index in [9.17, 15) is 4.79 Å². The second-order valence-electron chi connectivity index (χ2n) is 3.37. The van der Waals surface area contributed by atoms with E-state index >= 15 is 0 Å². The summed E-state index contributed by atoms with van der Waals surface area (Å²) in [6.45, 7) is 4.27. The zero-order valence-electron chi connectivity index (χ0n) is 7.74. The number of aromatic nitrogens is 2. The van der Waals surface area contributed by atoms with Crippen molar-refractivity contribution in [3.63, 3.8) is 0 Å². The van der Waals surface area contributed by atoms with Crippen molar-refractivity contribution in [2.75, 3.05) is 0 Å². The summed E-state index contributed by atoms with van der Waals surface area (Å²) in [6, 6.07) is 0. The van der Waals surface area contributed by atoms with Crippen LogP contribution in [0.1, 0.15) is 30.2 Å². The van der Waals surface area contributed by atoms with Crippen molar-refractivity contribution in [2.45, 2.75) is 20.3 Å². The van der Waals surface area contributed by atoms with E-state index in [1.54, 1.807) is 6.20 Å². The summed E-state index contributed by atoms with van der Waals surface area (Å²) in [6.07, 6.45) is 3.37. The lowest BCUT2D eigenvalue weighted by molar-refractivity contribution is 0.111. The molecular weight excluding hydrogens is 152 g/mol. The molecule has 1 aromatic rings. The number of carbonyl (C=O) groups excluding carboxylic acids is 1. The van der Waals surface area contributed by atoms with E-state index in [4.69, 9.17) is 0 Å². The first-order chi connectivity index (χ1) is 5.65. The molecule has 1 heterocycles. The van der Waals surface area contributed by atoms with Crippen LogP contribution >= 0.6 is 0 Å². The lowest BCUT2D eigenvalue weighted by Gasteiger charge is -2.04. The van der Waals surface area contributed by atoms with Crippen molar-refractivity contribution in [3.8, 4) is 0 Å². The minimum absolute atomic E-state index is 0.575. The minimum atomic E-state index is 0.575. The molecule has 0 spiro atoms. The van der Waals surface area contributed by atoms with Crippen LogP contribution in [0.4, 0.5) is 0 Å². The normalized spacial score (nSPS) is 10.7. The molecule has 0 radical (unpaired) electrons. The van der Waals surface area contributed by atoms with Crippen LogP contribution < -0.4 is 0 Å². The number of carbonyl (C=O) groups is 1. The van der Waals surface area contributed by atoms with Gasteiger partial charge in [0, 0.05) is 13.5 Å². The minimum Gasteiger partial charge on any atom is -0.329 e. The molecule has 0 amide bonds. The highest BCUT2D eigenvalue weighted by molar-refractivity contribution is 5.71. The summed E-state index contributed by atoms with van der Waals surface area (Å²) in [5, 5.41) is 0. The van der Waals surface area contributed by atoms with Gasteiger partial charge in [-0.25, -0.2) is 4.98 Å². The Bertz CT molecular complexity index is 276. The Morgan fingerprint density at radius 1 is 1.67 bits per heavy atom. The average molecular weight is 166 g/mol. The van der Waals surface area contributed by atoms with Gasteiger partial charge in [0.05, 0.1) is 6.20 Å². The number of hydrogen-bond acceptors (Lipinski definition) is 2. The first kappa shape index (κ1) is 8.97. The lowest BCUT2D eigenvalue weighted by Crippen LogP contribution is -2.04. The molecule has 0 N–H and O–H groups in total. The maximum atomic E-state index is 10.5. The van der Waals surface area contributed by atoms with Crippen molar-refractivity contribution < 1.29 is 4.79 Å². The molecule has 0 unspecified atom stereocenters. The highest BCUT2D eigenvalue weighted by Gasteiger charge is 2.06. The maximum absolute atomic E-state index is 10.5. The predicted molar refractivity (Wildman–Crippen MR) is 47.1 cm³/mol. The topological polar surface area (TPSA) is 34.9 Å². The Morgan fingerprint density at radius 3 is 2.75 bits per heavy atom. The Hall–Kier alpha value is -1.12. The molecule has 0 aliphatic carbocycles. The van der Waals surface area contributed by atoms with E-state index in [-0.39, 0.29) is 0 Å². The zero-order valence-corrected chi connectivity index (χ0v) is 7.74. The predicted octanol–water partition coefficient (Wildman–Crippen LogP) is 1.43. The Balaban J connectivity index is 2.86. The van der Waals surface area contributed by atoms with Crippen molar-refractivity contribution >= 4 is 6.29 Å². The summed E-state index contributed by atoms with van der Waals surface area (Å²) in [5.41, 5.74) is 0.644. The van der Waals surface area contributed by atoms with Crippen LogP contribution in [0, 0.1) is 5.92 Å². The smallest absolute Gasteiger partial charge is 0.168 e. The monoisotopic (exact) mass is 166 g/mol. The van der Waals surface area contributed by atoms with Gasteiger partial charge in [-0.05, 0) is 5.92 Å². The highest BCUT2D eigenvalue weighted by atomic mass is 16.1. The summed E-state index contributed by atoms with van der Waals surface area (Å²) in [4.78, 5) is 14.6. The van der Waals surface area contributed by atoms with Gasteiger partial charge < -0.3 is 4.57 Å². The fourth-order valence-electron chi connectivity index (χ4n) is 1.13. The van der Waals surface area contributed by atoms with Crippen molar-refractivity contribution in [1.29, 1.82) is 0 Å². The Labute approximate surface area is 72.4 Å². The summed E-state index contributed by atoms with van der Waals surface area (Å²) in [7, 11) is 1.87. The number of rotatable bonds is 3. The average Bonchev–Trinajstić information content (AvgIpc) is 2.32. The molecule has 0 bridgehead atoms. The van der Waals surface area contributed by atoms with Gasteiger partial charge in [0.15, 0.2) is 6.29 Å². The molecule has 0 atom stereocenters. The Kier molecular flexibility index (Phi) is 2.63. The molecule has 3 nitrogen and oxygen atoms in total. The lowest BCUT2D eigenvalue weighted by atomic mass is 10.1. The summed E-state index contributed by atoms with van der Waals surface area (Å²) < 4.78 is 1.84.